The Labute approximate surface area is 150 Å². The summed E-state index contributed by atoms with van der Waals surface area (Å²) in [5.74, 6) is -0.331. The molecule has 2 N–H and O–H groups in total. The molecule has 0 aliphatic carbocycles. The van der Waals surface area contributed by atoms with Crippen LogP contribution in [0.2, 0.25) is 0 Å². The summed E-state index contributed by atoms with van der Waals surface area (Å²) in [4.78, 5) is 13.3. The van der Waals surface area contributed by atoms with Gasteiger partial charge in [-0.05, 0) is 36.9 Å². The molecule has 3 rings (SSSR count). The van der Waals surface area contributed by atoms with E-state index in [4.69, 9.17) is 0 Å². The fourth-order valence-corrected chi connectivity index (χ4v) is 2.63. The van der Waals surface area contributed by atoms with Gasteiger partial charge in [-0.15, -0.1) is 11.8 Å². The summed E-state index contributed by atoms with van der Waals surface area (Å²) in [6.45, 7) is 2.03. The SMILES string of the molecule is CSc1ccc(/C=N/NC(=O)c2cc(-c3ccc(C)cc3)n[nH]2)cc1. The summed E-state index contributed by atoms with van der Waals surface area (Å²) in [5, 5.41) is 10.9. The minimum absolute atomic E-state index is 0.331. The number of aromatic amines is 1. The Morgan fingerprint density at radius 1 is 1.16 bits per heavy atom. The quantitative estimate of drug-likeness (QED) is 0.417. The van der Waals surface area contributed by atoms with E-state index in [1.165, 1.54) is 10.5 Å². The van der Waals surface area contributed by atoms with E-state index in [0.29, 0.717) is 5.69 Å². The predicted molar refractivity (Wildman–Crippen MR) is 102 cm³/mol. The van der Waals surface area contributed by atoms with Gasteiger partial charge in [0.1, 0.15) is 5.69 Å². The average molecular weight is 350 g/mol. The second kappa shape index (κ2) is 7.81. The molecule has 0 unspecified atom stereocenters. The minimum Gasteiger partial charge on any atom is -0.272 e. The first kappa shape index (κ1) is 17.0. The lowest BCUT2D eigenvalue weighted by atomic mass is 10.1. The lowest BCUT2D eigenvalue weighted by Crippen LogP contribution is -2.17. The standard InChI is InChI=1S/C19H18N4OS/c1-13-3-7-15(8-4-13)17-11-18(22-21-17)19(24)23-20-12-14-5-9-16(25-2)10-6-14/h3-12H,1-2H3,(H,21,22)(H,23,24)/b20-12+. The molecule has 3 aromatic rings. The molecule has 0 aliphatic rings. The van der Waals surface area contributed by atoms with Crippen molar-refractivity contribution in [1.29, 1.82) is 0 Å². The van der Waals surface area contributed by atoms with Crippen LogP contribution >= 0.6 is 11.8 Å². The largest absolute Gasteiger partial charge is 0.289 e. The topological polar surface area (TPSA) is 70.1 Å². The van der Waals surface area contributed by atoms with Crippen molar-refractivity contribution in [3.63, 3.8) is 0 Å². The van der Waals surface area contributed by atoms with E-state index in [2.05, 4.69) is 20.7 Å². The van der Waals surface area contributed by atoms with Gasteiger partial charge in [0, 0.05) is 10.5 Å². The third kappa shape index (κ3) is 4.36. The number of hydrogen-bond acceptors (Lipinski definition) is 4. The Bertz CT molecular complexity index is 883. The monoisotopic (exact) mass is 350 g/mol. The summed E-state index contributed by atoms with van der Waals surface area (Å²) in [6, 6.07) is 17.6. The van der Waals surface area contributed by atoms with E-state index in [1.54, 1.807) is 24.0 Å². The zero-order valence-electron chi connectivity index (χ0n) is 14.0. The van der Waals surface area contributed by atoms with Crippen molar-refractivity contribution in [2.24, 2.45) is 5.10 Å². The van der Waals surface area contributed by atoms with Crippen molar-refractivity contribution in [3.8, 4) is 11.3 Å². The van der Waals surface area contributed by atoms with Crippen molar-refractivity contribution in [3.05, 3.63) is 71.4 Å². The van der Waals surface area contributed by atoms with Crippen LogP contribution < -0.4 is 5.43 Å². The smallest absolute Gasteiger partial charge is 0.272 e. The number of thioether (sulfide) groups is 1. The highest BCUT2D eigenvalue weighted by atomic mass is 32.2. The molecule has 0 saturated carbocycles. The van der Waals surface area contributed by atoms with Gasteiger partial charge in [-0.1, -0.05) is 42.0 Å². The van der Waals surface area contributed by atoms with Crippen LogP contribution in [0.5, 0.6) is 0 Å². The highest BCUT2D eigenvalue weighted by molar-refractivity contribution is 7.98. The number of benzene rings is 2. The second-order valence-electron chi connectivity index (χ2n) is 5.51. The van der Waals surface area contributed by atoms with Crippen molar-refractivity contribution >= 4 is 23.9 Å². The first-order valence-corrected chi connectivity index (χ1v) is 8.98. The van der Waals surface area contributed by atoms with E-state index in [9.17, 15) is 4.79 Å². The van der Waals surface area contributed by atoms with Gasteiger partial charge >= 0.3 is 0 Å². The molecule has 6 heteroatoms. The minimum atomic E-state index is -0.331. The van der Waals surface area contributed by atoms with Crippen molar-refractivity contribution in [1.82, 2.24) is 15.6 Å². The van der Waals surface area contributed by atoms with Crippen LogP contribution in [0.1, 0.15) is 21.6 Å². The zero-order valence-corrected chi connectivity index (χ0v) is 14.8. The maximum Gasteiger partial charge on any atom is 0.289 e. The highest BCUT2D eigenvalue weighted by Gasteiger charge is 2.10. The molecule has 0 aliphatic heterocycles. The van der Waals surface area contributed by atoms with Gasteiger partial charge in [-0.25, -0.2) is 5.43 Å². The molecule has 0 spiro atoms. The molecule has 0 bridgehead atoms. The number of hydrazone groups is 1. The van der Waals surface area contributed by atoms with Crippen LogP contribution in [-0.2, 0) is 0 Å². The van der Waals surface area contributed by atoms with Gasteiger partial charge in [0.15, 0.2) is 0 Å². The summed E-state index contributed by atoms with van der Waals surface area (Å²) >= 11 is 1.68. The van der Waals surface area contributed by atoms with Gasteiger partial charge in [0.05, 0.1) is 11.9 Å². The number of aryl methyl sites for hydroxylation is 1. The van der Waals surface area contributed by atoms with Crippen LogP contribution in [0, 0.1) is 6.92 Å². The van der Waals surface area contributed by atoms with E-state index >= 15 is 0 Å². The number of hydrogen-bond donors (Lipinski definition) is 2. The molecule has 0 atom stereocenters. The molecule has 0 fully saturated rings. The fourth-order valence-electron chi connectivity index (χ4n) is 2.23. The van der Waals surface area contributed by atoms with Gasteiger partial charge in [-0.3, -0.25) is 9.89 Å². The summed E-state index contributed by atoms with van der Waals surface area (Å²) in [6.07, 6.45) is 3.64. The number of rotatable bonds is 5. The second-order valence-corrected chi connectivity index (χ2v) is 6.38. The Morgan fingerprint density at radius 3 is 2.56 bits per heavy atom. The van der Waals surface area contributed by atoms with Gasteiger partial charge in [-0.2, -0.15) is 10.2 Å². The molecule has 0 saturated heterocycles. The fraction of sp³-hybridized carbons (Fsp3) is 0.105. The number of nitrogens with one attached hydrogen (secondary N) is 2. The number of aromatic nitrogens is 2. The Balaban J connectivity index is 1.63. The van der Waals surface area contributed by atoms with E-state index in [0.717, 1.165) is 16.8 Å². The van der Waals surface area contributed by atoms with Gasteiger partial charge in [0.2, 0.25) is 0 Å². The van der Waals surface area contributed by atoms with Gasteiger partial charge in [0.25, 0.3) is 5.91 Å². The Kier molecular flexibility index (Phi) is 5.30. The molecule has 1 amide bonds. The third-order valence-electron chi connectivity index (χ3n) is 3.67. The number of carbonyl (C=O) groups excluding carboxylic acids is 1. The molecular formula is C19H18N4OS. The average Bonchev–Trinajstić information content (AvgIpc) is 3.13. The normalized spacial score (nSPS) is 11.0. The van der Waals surface area contributed by atoms with Gasteiger partial charge < -0.3 is 0 Å². The van der Waals surface area contributed by atoms with Crippen molar-refractivity contribution in [2.45, 2.75) is 11.8 Å². The van der Waals surface area contributed by atoms with E-state index in [-0.39, 0.29) is 5.91 Å². The van der Waals surface area contributed by atoms with Crippen molar-refractivity contribution in [2.75, 3.05) is 6.26 Å². The number of H-pyrrole nitrogens is 1. The first-order chi connectivity index (χ1) is 12.2. The van der Waals surface area contributed by atoms with Crippen LogP contribution in [0.3, 0.4) is 0 Å². The van der Waals surface area contributed by atoms with Crippen LogP contribution in [0.4, 0.5) is 0 Å². The molecule has 1 aromatic heterocycles. The summed E-state index contributed by atoms with van der Waals surface area (Å²) in [5.41, 5.74) is 6.65. The van der Waals surface area contributed by atoms with E-state index < -0.39 is 0 Å². The molecule has 126 valence electrons. The highest BCUT2D eigenvalue weighted by Crippen LogP contribution is 2.18. The maximum atomic E-state index is 12.1. The lowest BCUT2D eigenvalue weighted by Gasteiger charge is -1.98. The molecule has 2 aromatic carbocycles. The molecule has 25 heavy (non-hydrogen) atoms. The lowest BCUT2D eigenvalue weighted by molar-refractivity contribution is 0.0950. The van der Waals surface area contributed by atoms with Crippen molar-refractivity contribution < 1.29 is 4.79 Å². The summed E-state index contributed by atoms with van der Waals surface area (Å²) < 4.78 is 0. The Morgan fingerprint density at radius 2 is 1.88 bits per heavy atom. The Hall–Kier alpha value is -2.86. The predicted octanol–water partition coefficient (Wildman–Crippen LogP) is 3.87. The number of carbonyl (C=O) groups is 1. The zero-order chi connectivity index (χ0) is 17.6. The van der Waals surface area contributed by atoms with Crippen LogP contribution in [0.15, 0.2) is 64.6 Å². The summed E-state index contributed by atoms with van der Waals surface area (Å²) in [7, 11) is 0. The first-order valence-electron chi connectivity index (χ1n) is 7.75. The number of amides is 1. The third-order valence-corrected chi connectivity index (χ3v) is 4.41. The van der Waals surface area contributed by atoms with E-state index in [1.807, 2.05) is 61.7 Å². The number of nitrogens with zero attached hydrogens (tertiary/aromatic N) is 2. The van der Waals surface area contributed by atoms with Crippen LogP contribution in [0.25, 0.3) is 11.3 Å². The molecule has 0 radical (unpaired) electrons. The molecule has 5 nitrogen and oxygen atoms in total. The molecule has 1 heterocycles. The maximum absolute atomic E-state index is 12.1. The molecular weight excluding hydrogens is 332 g/mol. The van der Waals surface area contributed by atoms with Crippen LogP contribution in [-0.4, -0.2) is 28.6 Å².